The summed E-state index contributed by atoms with van der Waals surface area (Å²) in [6.07, 6.45) is 0. The summed E-state index contributed by atoms with van der Waals surface area (Å²) in [7, 11) is 3.40. The van der Waals surface area contributed by atoms with Crippen molar-refractivity contribution in [3.63, 3.8) is 0 Å². The first-order chi connectivity index (χ1) is 14.3. The fourth-order valence-electron chi connectivity index (χ4n) is 3.86. The number of tetrazole rings is 1. The van der Waals surface area contributed by atoms with Crippen molar-refractivity contribution in [2.75, 3.05) is 51.9 Å². The molecule has 0 amide bonds. The van der Waals surface area contributed by atoms with Crippen LogP contribution in [-0.2, 0) is 11.3 Å². The average Bonchev–Trinajstić information content (AvgIpc) is 3.46. The molecule has 3 aromatic rings. The van der Waals surface area contributed by atoms with Gasteiger partial charge in [0.25, 0.3) is 0 Å². The number of hydrogen-bond acceptors (Lipinski definition) is 7. The molecular weight excluding hydrogens is 388 g/mol. The summed E-state index contributed by atoms with van der Waals surface area (Å²) in [5.74, 6) is 1.80. The number of benzene rings is 1. The van der Waals surface area contributed by atoms with E-state index in [1.807, 2.05) is 16.8 Å². The molecule has 9 heteroatoms. The van der Waals surface area contributed by atoms with Crippen LogP contribution in [0.25, 0.3) is 0 Å². The van der Waals surface area contributed by atoms with Crippen LogP contribution in [0.1, 0.15) is 16.7 Å². The summed E-state index contributed by atoms with van der Waals surface area (Å²) in [6.45, 7) is 5.27. The van der Waals surface area contributed by atoms with E-state index in [0.717, 1.165) is 37.8 Å². The standard InChI is InChI=1S/C20H26N6O2S/c1-27-14-13-26-20(21-22-23-26)19(18-4-3-15-29-18)25-11-9-24(10-12-25)16-5-7-17(28-2)8-6-16/h3-8,15,19H,9-14H2,1-2H3/p+1/t19-/m1/s1. The highest BCUT2D eigenvalue weighted by Crippen LogP contribution is 2.23. The first kappa shape index (κ1) is 19.8. The van der Waals surface area contributed by atoms with Crippen LogP contribution in [0.15, 0.2) is 41.8 Å². The smallest absolute Gasteiger partial charge is 0.215 e. The number of hydrogen-bond donors (Lipinski definition) is 1. The Morgan fingerprint density at radius 3 is 2.59 bits per heavy atom. The van der Waals surface area contributed by atoms with Gasteiger partial charge in [0.05, 0.1) is 51.3 Å². The molecule has 1 aliphatic heterocycles. The topological polar surface area (TPSA) is 69.7 Å². The second-order valence-corrected chi connectivity index (χ2v) is 8.02. The van der Waals surface area contributed by atoms with E-state index in [4.69, 9.17) is 9.47 Å². The van der Waals surface area contributed by atoms with Gasteiger partial charge in [-0.3, -0.25) is 0 Å². The molecule has 0 unspecified atom stereocenters. The second-order valence-electron chi connectivity index (χ2n) is 7.04. The summed E-state index contributed by atoms with van der Waals surface area (Å²) in [4.78, 5) is 5.22. The lowest BCUT2D eigenvalue weighted by Gasteiger charge is -2.36. The quantitative estimate of drug-likeness (QED) is 0.589. The van der Waals surface area contributed by atoms with Gasteiger partial charge in [-0.15, -0.1) is 16.4 Å². The maximum atomic E-state index is 5.28. The number of ether oxygens (including phenoxy) is 2. The molecule has 2 aromatic heterocycles. The van der Waals surface area contributed by atoms with Gasteiger partial charge in [-0.05, 0) is 46.1 Å². The van der Waals surface area contributed by atoms with Crippen LogP contribution >= 0.6 is 11.3 Å². The summed E-state index contributed by atoms with van der Waals surface area (Å²) >= 11 is 1.77. The monoisotopic (exact) mass is 415 g/mol. The molecule has 1 N–H and O–H groups in total. The lowest BCUT2D eigenvalue weighted by Crippen LogP contribution is -3.15. The van der Waals surface area contributed by atoms with Crippen molar-refractivity contribution in [3.8, 4) is 5.75 Å². The van der Waals surface area contributed by atoms with E-state index in [1.54, 1.807) is 25.6 Å². The maximum absolute atomic E-state index is 5.28. The first-order valence-corrected chi connectivity index (χ1v) is 10.7. The predicted molar refractivity (Wildman–Crippen MR) is 112 cm³/mol. The Bertz CT molecular complexity index is 875. The lowest BCUT2D eigenvalue weighted by atomic mass is 10.1. The van der Waals surface area contributed by atoms with Gasteiger partial charge in [0.15, 0.2) is 6.04 Å². The first-order valence-electron chi connectivity index (χ1n) is 9.82. The Morgan fingerprint density at radius 1 is 1.14 bits per heavy atom. The molecule has 4 rings (SSSR count). The number of rotatable bonds is 8. The van der Waals surface area contributed by atoms with E-state index >= 15 is 0 Å². The minimum atomic E-state index is 0.139. The van der Waals surface area contributed by atoms with E-state index < -0.39 is 0 Å². The zero-order valence-electron chi connectivity index (χ0n) is 16.8. The summed E-state index contributed by atoms with van der Waals surface area (Å²) in [5.41, 5.74) is 1.24. The highest BCUT2D eigenvalue weighted by Gasteiger charge is 2.34. The van der Waals surface area contributed by atoms with Crippen molar-refractivity contribution >= 4 is 17.0 Å². The van der Waals surface area contributed by atoms with Crippen LogP contribution in [0.5, 0.6) is 5.75 Å². The fourth-order valence-corrected chi connectivity index (χ4v) is 4.74. The van der Waals surface area contributed by atoms with Gasteiger partial charge in [-0.2, -0.15) is 0 Å². The van der Waals surface area contributed by atoms with Gasteiger partial charge in [-0.25, -0.2) is 4.68 Å². The molecule has 3 heterocycles. The van der Waals surface area contributed by atoms with Gasteiger partial charge >= 0.3 is 0 Å². The number of nitrogens with one attached hydrogen (secondary N) is 1. The number of quaternary nitrogens is 1. The lowest BCUT2D eigenvalue weighted by molar-refractivity contribution is -0.926. The molecule has 1 saturated heterocycles. The van der Waals surface area contributed by atoms with Crippen molar-refractivity contribution in [3.05, 3.63) is 52.5 Å². The largest absolute Gasteiger partial charge is 0.497 e. The van der Waals surface area contributed by atoms with Crippen LogP contribution in [0, 0.1) is 0 Å². The van der Waals surface area contributed by atoms with Crippen molar-refractivity contribution in [2.45, 2.75) is 12.6 Å². The molecule has 1 aliphatic rings. The van der Waals surface area contributed by atoms with Gasteiger partial charge < -0.3 is 19.3 Å². The Kier molecular flexibility index (Phi) is 6.38. The molecule has 0 aliphatic carbocycles. The van der Waals surface area contributed by atoms with Crippen LogP contribution in [0.3, 0.4) is 0 Å². The highest BCUT2D eigenvalue weighted by molar-refractivity contribution is 7.10. The van der Waals surface area contributed by atoms with Crippen molar-refractivity contribution in [2.24, 2.45) is 0 Å². The van der Waals surface area contributed by atoms with Gasteiger partial charge in [0.2, 0.25) is 5.82 Å². The summed E-state index contributed by atoms with van der Waals surface area (Å²) in [6, 6.07) is 12.7. The van der Waals surface area contributed by atoms with Crippen molar-refractivity contribution < 1.29 is 14.4 Å². The third-order valence-electron chi connectivity index (χ3n) is 5.40. The Hall–Kier alpha value is -2.49. The molecule has 0 bridgehead atoms. The average molecular weight is 416 g/mol. The molecule has 0 radical (unpaired) electrons. The number of piperazine rings is 1. The molecule has 8 nitrogen and oxygen atoms in total. The summed E-state index contributed by atoms with van der Waals surface area (Å²) in [5, 5.41) is 14.7. The molecule has 154 valence electrons. The number of anilines is 1. The number of aromatic nitrogens is 4. The van der Waals surface area contributed by atoms with Crippen LogP contribution in [-0.4, -0.2) is 67.2 Å². The van der Waals surface area contributed by atoms with Gasteiger partial charge in [-0.1, -0.05) is 6.07 Å². The Labute approximate surface area is 174 Å². The van der Waals surface area contributed by atoms with Crippen molar-refractivity contribution in [1.82, 2.24) is 20.2 Å². The van der Waals surface area contributed by atoms with Crippen LogP contribution < -0.4 is 14.5 Å². The van der Waals surface area contributed by atoms with Gasteiger partial charge in [0.1, 0.15) is 5.75 Å². The Balaban J connectivity index is 1.51. The second kappa shape index (κ2) is 9.34. The third-order valence-corrected chi connectivity index (χ3v) is 6.34. The maximum Gasteiger partial charge on any atom is 0.215 e. The molecular formula is C20H27N6O2S+. The zero-order chi connectivity index (χ0) is 20.1. The van der Waals surface area contributed by atoms with E-state index in [-0.39, 0.29) is 6.04 Å². The SMILES string of the molecule is COCCn1nnnc1[C@@H](c1cccs1)[NH+]1CCN(c2ccc(OC)cc2)CC1. The van der Waals surface area contributed by atoms with E-state index in [0.29, 0.717) is 13.2 Å². The normalized spacial score (nSPS) is 16.1. The summed E-state index contributed by atoms with van der Waals surface area (Å²) < 4.78 is 12.4. The minimum absolute atomic E-state index is 0.139. The molecule has 1 atom stereocenters. The molecule has 1 aromatic carbocycles. The molecule has 0 saturated carbocycles. The van der Waals surface area contributed by atoms with Gasteiger partial charge in [0, 0.05) is 12.8 Å². The van der Waals surface area contributed by atoms with E-state index in [2.05, 4.69) is 50.1 Å². The molecule has 1 fully saturated rings. The Morgan fingerprint density at radius 2 is 1.93 bits per heavy atom. The van der Waals surface area contributed by atoms with E-state index in [1.165, 1.54) is 15.5 Å². The predicted octanol–water partition coefficient (Wildman–Crippen LogP) is 0.884. The number of thiophene rings is 1. The minimum Gasteiger partial charge on any atom is -0.497 e. The molecule has 0 spiro atoms. The van der Waals surface area contributed by atoms with Crippen molar-refractivity contribution in [1.29, 1.82) is 0 Å². The van der Waals surface area contributed by atoms with Crippen LogP contribution in [0.2, 0.25) is 0 Å². The highest BCUT2D eigenvalue weighted by atomic mass is 32.1. The number of nitrogens with zero attached hydrogens (tertiary/aromatic N) is 5. The van der Waals surface area contributed by atoms with Crippen LogP contribution in [0.4, 0.5) is 5.69 Å². The third kappa shape index (κ3) is 4.42. The number of methoxy groups -OCH3 is 2. The fraction of sp³-hybridized carbons (Fsp3) is 0.450. The molecule has 29 heavy (non-hydrogen) atoms. The van der Waals surface area contributed by atoms with E-state index in [9.17, 15) is 0 Å². The zero-order valence-corrected chi connectivity index (χ0v) is 17.6.